The zero-order chi connectivity index (χ0) is 18.7. The highest BCUT2D eigenvalue weighted by Crippen LogP contribution is 2.24. The molecule has 0 aliphatic rings. The molecule has 0 fully saturated rings. The van der Waals surface area contributed by atoms with Crippen molar-refractivity contribution in [2.75, 3.05) is 5.32 Å². The van der Waals surface area contributed by atoms with Crippen molar-refractivity contribution >= 4 is 39.4 Å². The third-order valence-electron chi connectivity index (χ3n) is 2.49. The van der Waals surface area contributed by atoms with E-state index < -0.39 is 23.3 Å². The van der Waals surface area contributed by atoms with Crippen LogP contribution in [0, 0.1) is 5.41 Å². The molecule has 0 aromatic heterocycles. The first-order valence-electron chi connectivity index (χ1n) is 7.40. The monoisotopic (exact) mass is 398 g/mol. The van der Waals surface area contributed by atoms with E-state index in [1.807, 2.05) is 0 Å². The van der Waals surface area contributed by atoms with Crippen LogP contribution < -0.4 is 5.32 Å². The number of nitrogens with one attached hydrogen (secondary N) is 2. The minimum absolute atomic E-state index is 0.248. The first kappa shape index (κ1) is 20.2. The van der Waals surface area contributed by atoms with Crippen LogP contribution in [0.3, 0.4) is 0 Å². The summed E-state index contributed by atoms with van der Waals surface area (Å²) in [6, 6.07) is 4.83. The van der Waals surface area contributed by atoms with Gasteiger partial charge in [-0.25, -0.2) is 9.59 Å². The van der Waals surface area contributed by atoms with Gasteiger partial charge in [-0.15, -0.1) is 0 Å². The Kier molecular flexibility index (Phi) is 6.16. The van der Waals surface area contributed by atoms with E-state index in [0.717, 1.165) is 0 Å². The van der Waals surface area contributed by atoms with Gasteiger partial charge in [-0.3, -0.25) is 10.7 Å². The maximum Gasteiger partial charge on any atom is 0.412 e. The molecule has 0 unspecified atom stereocenters. The first-order chi connectivity index (χ1) is 10.8. The van der Waals surface area contributed by atoms with Gasteiger partial charge in [-0.2, -0.15) is 0 Å². The third kappa shape index (κ3) is 6.70. The fraction of sp³-hybridized carbons (Fsp3) is 0.471. The molecule has 0 aliphatic carbocycles. The van der Waals surface area contributed by atoms with Crippen LogP contribution in [0.1, 0.15) is 47.1 Å². The van der Waals surface area contributed by atoms with Crippen molar-refractivity contribution in [3.05, 3.63) is 28.2 Å². The number of hydrogen-bond acceptors (Lipinski definition) is 5. The average Bonchev–Trinajstić information content (AvgIpc) is 2.33. The van der Waals surface area contributed by atoms with E-state index in [2.05, 4.69) is 21.2 Å². The standard InChI is InChI=1S/C17H23BrN2O4/c1-16(2,3)23-14(21)13(19)11-8-7-10(18)9-12(11)20-15(22)24-17(4,5)6/h7-9,19H,1-6H3,(H,20,22). The number of rotatable bonds is 3. The predicted octanol–water partition coefficient (Wildman–Crippen LogP) is 4.51. The van der Waals surface area contributed by atoms with Gasteiger partial charge in [0.2, 0.25) is 0 Å². The van der Waals surface area contributed by atoms with E-state index >= 15 is 0 Å². The summed E-state index contributed by atoms with van der Waals surface area (Å²) in [5.41, 5.74) is -1.18. The minimum Gasteiger partial charge on any atom is -0.455 e. The zero-order valence-corrected chi connectivity index (χ0v) is 16.3. The number of carbonyl (C=O) groups is 2. The predicted molar refractivity (Wildman–Crippen MR) is 96.7 cm³/mol. The Hall–Kier alpha value is -1.89. The lowest BCUT2D eigenvalue weighted by Gasteiger charge is -2.22. The van der Waals surface area contributed by atoms with Crippen molar-refractivity contribution in [1.29, 1.82) is 5.41 Å². The van der Waals surface area contributed by atoms with Gasteiger partial charge in [-0.1, -0.05) is 15.9 Å². The number of carbonyl (C=O) groups excluding carboxylic acids is 2. The molecule has 0 atom stereocenters. The van der Waals surface area contributed by atoms with Crippen molar-refractivity contribution in [3.8, 4) is 0 Å². The molecule has 2 N–H and O–H groups in total. The minimum atomic E-state index is -0.767. The van der Waals surface area contributed by atoms with E-state index in [1.165, 1.54) is 0 Å². The van der Waals surface area contributed by atoms with Crippen LogP contribution in [0.4, 0.5) is 10.5 Å². The van der Waals surface area contributed by atoms with Gasteiger partial charge in [-0.05, 0) is 59.7 Å². The highest BCUT2D eigenvalue weighted by molar-refractivity contribution is 9.10. The molecule has 6 nitrogen and oxygen atoms in total. The summed E-state index contributed by atoms with van der Waals surface area (Å²) in [6.45, 7) is 10.4. The Balaban J connectivity index is 3.06. The summed E-state index contributed by atoms with van der Waals surface area (Å²) in [6.07, 6.45) is -0.668. The number of hydrogen-bond donors (Lipinski definition) is 2. The highest BCUT2D eigenvalue weighted by Gasteiger charge is 2.24. The third-order valence-corrected chi connectivity index (χ3v) is 2.98. The molecule has 7 heteroatoms. The normalized spacial score (nSPS) is 11.6. The lowest BCUT2D eigenvalue weighted by Crippen LogP contribution is -2.30. The van der Waals surface area contributed by atoms with Crippen LogP contribution in [0.2, 0.25) is 0 Å². The van der Waals surface area contributed by atoms with Gasteiger partial charge in [0, 0.05) is 10.0 Å². The number of esters is 1. The summed E-state index contributed by atoms with van der Waals surface area (Å²) >= 11 is 3.30. The van der Waals surface area contributed by atoms with Gasteiger partial charge in [0.25, 0.3) is 0 Å². The van der Waals surface area contributed by atoms with E-state index in [0.29, 0.717) is 4.47 Å². The SMILES string of the molecule is CC(C)(C)OC(=O)Nc1cc(Br)ccc1C(=N)C(=O)OC(C)(C)C. The molecule has 0 heterocycles. The molecular weight excluding hydrogens is 376 g/mol. The quantitative estimate of drug-likeness (QED) is 0.578. The number of amides is 1. The Bertz CT molecular complexity index is 658. The molecule has 0 saturated heterocycles. The van der Waals surface area contributed by atoms with Gasteiger partial charge in [0.05, 0.1) is 5.69 Å². The average molecular weight is 399 g/mol. The van der Waals surface area contributed by atoms with Crippen molar-refractivity contribution < 1.29 is 19.1 Å². The van der Waals surface area contributed by atoms with Crippen LogP contribution in [0.25, 0.3) is 0 Å². The summed E-state index contributed by atoms with van der Waals surface area (Å²) in [5.74, 6) is -0.767. The second-order valence-electron chi connectivity index (χ2n) is 7.19. The maximum atomic E-state index is 12.1. The van der Waals surface area contributed by atoms with Crippen molar-refractivity contribution in [2.45, 2.75) is 52.7 Å². The Morgan fingerprint density at radius 1 is 1.04 bits per heavy atom. The van der Waals surface area contributed by atoms with Gasteiger partial charge in [0.1, 0.15) is 16.9 Å². The summed E-state index contributed by atoms with van der Waals surface area (Å²) in [4.78, 5) is 24.1. The van der Waals surface area contributed by atoms with Crippen molar-refractivity contribution in [3.63, 3.8) is 0 Å². The molecule has 132 valence electrons. The number of halogens is 1. The molecule has 1 rings (SSSR count). The molecule has 24 heavy (non-hydrogen) atoms. The Labute approximate surface area is 150 Å². The summed E-state index contributed by atoms with van der Waals surface area (Å²) < 4.78 is 11.1. The molecule has 1 aromatic rings. The number of anilines is 1. The summed E-state index contributed by atoms with van der Waals surface area (Å²) in [7, 11) is 0. The fourth-order valence-corrected chi connectivity index (χ4v) is 2.05. The molecule has 0 radical (unpaired) electrons. The van der Waals surface area contributed by atoms with Gasteiger partial charge in [0.15, 0.2) is 0 Å². The second-order valence-corrected chi connectivity index (χ2v) is 8.11. The number of benzene rings is 1. The van der Waals surface area contributed by atoms with Crippen LogP contribution in [0.15, 0.2) is 22.7 Å². The van der Waals surface area contributed by atoms with Crippen LogP contribution in [-0.4, -0.2) is 29.0 Å². The maximum absolute atomic E-state index is 12.1. The Morgan fingerprint density at radius 2 is 1.58 bits per heavy atom. The molecule has 0 aliphatic heterocycles. The highest BCUT2D eigenvalue weighted by atomic mass is 79.9. The molecular formula is C17H23BrN2O4. The Morgan fingerprint density at radius 3 is 2.08 bits per heavy atom. The summed E-state index contributed by atoms with van der Waals surface area (Å²) in [5, 5.41) is 10.6. The fourth-order valence-electron chi connectivity index (χ4n) is 1.69. The molecule has 0 bridgehead atoms. The largest absolute Gasteiger partial charge is 0.455 e. The topological polar surface area (TPSA) is 88.5 Å². The van der Waals surface area contributed by atoms with Crippen molar-refractivity contribution in [2.24, 2.45) is 0 Å². The number of ether oxygens (including phenoxy) is 2. The van der Waals surface area contributed by atoms with E-state index in [4.69, 9.17) is 14.9 Å². The van der Waals surface area contributed by atoms with Gasteiger partial charge < -0.3 is 9.47 Å². The van der Waals surface area contributed by atoms with E-state index in [9.17, 15) is 9.59 Å². The van der Waals surface area contributed by atoms with Gasteiger partial charge >= 0.3 is 12.1 Å². The molecule has 1 aromatic carbocycles. The zero-order valence-electron chi connectivity index (χ0n) is 14.7. The molecule has 0 saturated carbocycles. The second kappa shape index (κ2) is 7.34. The van der Waals surface area contributed by atoms with Crippen molar-refractivity contribution in [1.82, 2.24) is 0 Å². The molecule has 1 amide bonds. The van der Waals surface area contributed by atoms with Crippen LogP contribution >= 0.6 is 15.9 Å². The lowest BCUT2D eigenvalue weighted by atomic mass is 10.1. The lowest BCUT2D eigenvalue weighted by molar-refractivity contribution is -0.146. The van der Waals surface area contributed by atoms with Crippen LogP contribution in [0.5, 0.6) is 0 Å². The van der Waals surface area contributed by atoms with Crippen LogP contribution in [-0.2, 0) is 14.3 Å². The molecule has 0 spiro atoms. The first-order valence-corrected chi connectivity index (χ1v) is 8.19. The van der Waals surface area contributed by atoms with E-state index in [-0.39, 0.29) is 17.0 Å². The smallest absolute Gasteiger partial charge is 0.412 e. The van der Waals surface area contributed by atoms with E-state index in [1.54, 1.807) is 59.7 Å².